The Bertz CT molecular complexity index is 309. The molecule has 0 radical (unpaired) electrons. The van der Waals surface area contributed by atoms with Gasteiger partial charge in [0.1, 0.15) is 5.54 Å². The monoisotopic (exact) mass is 235 g/mol. The summed E-state index contributed by atoms with van der Waals surface area (Å²) in [5, 5.41) is 9.16. The van der Waals surface area contributed by atoms with Crippen LogP contribution in [0.1, 0.15) is 39.0 Å². The molecule has 2 fully saturated rings. The van der Waals surface area contributed by atoms with Gasteiger partial charge in [-0.2, -0.15) is 5.26 Å². The highest BCUT2D eigenvalue weighted by molar-refractivity contribution is 5.11. The fourth-order valence-corrected chi connectivity index (χ4v) is 3.17. The van der Waals surface area contributed by atoms with Gasteiger partial charge in [-0.1, -0.05) is 13.3 Å². The lowest BCUT2D eigenvalue weighted by Crippen LogP contribution is -2.43. The number of hydrogen-bond donors (Lipinski definition) is 1. The summed E-state index contributed by atoms with van der Waals surface area (Å²) in [5.74, 6) is 2.25. The van der Waals surface area contributed by atoms with Gasteiger partial charge in [0.2, 0.25) is 0 Å². The summed E-state index contributed by atoms with van der Waals surface area (Å²) in [6.07, 6.45) is 5.63. The molecule has 0 aromatic rings. The number of nitrogens with two attached hydrogens (primary N) is 1. The largest absolute Gasteiger partial charge is 0.313 e. The standard InChI is InChI=1S/C14H25N3/c1-11-8-12(11)9-17(2)7-5-13-4-3-6-14(13,16)10-15/h11-13H,3-9,16H2,1-2H3. The first-order valence-electron chi connectivity index (χ1n) is 6.94. The molecule has 2 aliphatic carbocycles. The van der Waals surface area contributed by atoms with Crippen molar-refractivity contribution in [3.8, 4) is 6.07 Å². The highest BCUT2D eigenvalue weighted by Gasteiger charge is 2.39. The third-order valence-corrected chi connectivity index (χ3v) is 4.76. The molecule has 0 saturated heterocycles. The van der Waals surface area contributed by atoms with Crippen molar-refractivity contribution in [1.29, 1.82) is 5.26 Å². The van der Waals surface area contributed by atoms with E-state index < -0.39 is 5.54 Å². The smallest absolute Gasteiger partial charge is 0.107 e. The first kappa shape index (κ1) is 12.9. The molecule has 0 bridgehead atoms. The Balaban J connectivity index is 1.72. The fourth-order valence-electron chi connectivity index (χ4n) is 3.17. The van der Waals surface area contributed by atoms with E-state index in [9.17, 15) is 0 Å². The minimum atomic E-state index is -0.534. The van der Waals surface area contributed by atoms with Crippen LogP contribution < -0.4 is 5.73 Å². The summed E-state index contributed by atoms with van der Waals surface area (Å²) in [6.45, 7) is 4.64. The second-order valence-corrected chi connectivity index (χ2v) is 6.27. The maximum Gasteiger partial charge on any atom is 0.107 e. The van der Waals surface area contributed by atoms with Crippen LogP contribution in [0.5, 0.6) is 0 Å². The molecule has 17 heavy (non-hydrogen) atoms. The molecule has 0 aromatic carbocycles. The van der Waals surface area contributed by atoms with Gasteiger partial charge in [-0.05, 0) is 57.0 Å². The third kappa shape index (κ3) is 3.00. The van der Waals surface area contributed by atoms with Crippen molar-refractivity contribution in [2.24, 2.45) is 23.5 Å². The van der Waals surface area contributed by atoms with Crippen LogP contribution in [0, 0.1) is 29.1 Å². The summed E-state index contributed by atoms with van der Waals surface area (Å²) in [6, 6.07) is 2.33. The van der Waals surface area contributed by atoms with Crippen molar-refractivity contribution in [1.82, 2.24) is 4.90 Å². The first-order chi connectivity index (χ1) is 8.05. The van der Waals surface area contributed by atoms with E-state index in [2.05, 4.69) is 24.9 Å². The maximum absolute atomic E-state index is 9.16. The Hall–Kier alpha value is -0.590. The molecule has 4 unspecified atom stereocenters. The molecular formula is C14H25N3. The Kier molecular flexibility index (Phi) is 3.75. The lowest BCUT2D eigenvalue weighted by molar-refractivity contribution is 0.265. The van der Waals surface area contributed by atoms with Crippen LogP contribution in [0.3, 0.4) is 0 Å². The summed E-state index contributed by atoms with van der Waals surface area (Å²) in [4.78, 5) is 2.42. The predicted octanol–water partition coefficient (Wildman–Crippen LogP) is 1.99. The maximum atomic E-state index is 9.16. The van der Waals surface area contributed by atoms with Crippen LogP contribution in [-0.4, -0.2) is 30.6 Å². The van der Waals surface area contributed by atoms with Gasteiger partial charge in [-0.15, -0.1) is 0 Å². The zero-order valence-electron chi connectivity index (χ0n) is 11.2. The average Bonchev–Trinajstić information content (AvgIpc) is 2.85. The number of nitriles is 1. The number of rotatable bonds is 5. The Morgan fingerprint density at radius 2 is 2.24 bits per heavy atom. The molecule has 3 heteroatoms. The zero-order valence-corrected chi connectivity index (χ0v) is 11.2. The Morgan fingerprint density at radius 3 is 2.82 bits per heavy atom. The lowest BCUT2D eigenvalue weighted by atomic mass is 9.87. The van der Waals surface area contributed by atoms with Crippen LogP contribution in [0.2, 0.25) is 0 Å². The van der Waals surface area contributed by atoms with Gasteiger partial charge in [0, 0.05) is 6.54 Å². The predicted molar refractivity (Wildman–Crippen MR) is 69.3 cm³/mol. The van der Waals surface area contributed by atoms with E-state index in [0.717, 1.165) is 44.1 Å². The topological polar surface area (TPSA) is 53.0 Å². The van der Waals surface area contributed by atoms with Crippen molar-refractivity contribution in [2.75, 3.05) is 20.1 Å². The SMILES string of the molecule is CC1CC1CN(C)CCC1CCCC1(N)C#N. The van der Waals surface area contributed by atoms with E-state index in [0.29, 0.717) is 5.92 Å². The van der Waals surface area contributed by atoms with Gasteiger partial charge in [0.25, 0.3) is 0 Å². The van der Waals surface area contributed by atoms with E-state index in [1.807, 2.05) is 0 Å². The first-order valence-corrected chi connectivity index (χ1v) is 6.94. The van der Waals surface area contributed by atoms with Crippen LogP contribution in [0.4, 0.5) is 0 Å². The molecular weight excluding hydrogens is 210 g/mol. The third-order valence-electron chi connectivity index (χ3n) is 4.76. The highest BCUT2D eigenvalue weighted by Crippen LogP contribution is 2.39. The van der Waals surface area contributed by atoms with Gasteiger partial charge in [-0.25, -0.2) is 0 Å². The molecule has 4 atom stereocenters. The van der Waals surface area contributed by atoms with Crippen molar-refractivity contribution in [3.63, 3.8) is 0 Å². The summed E-state index contributed by atoms with van der Waals surface area (Å²) in [7, 11) is 2.20. The number of hydrogen-bond acceptors (Lipinski definition) is 3. The van der Waals surface area contributed by atoms with Crippen molar-refractivity contribution in [2.45, 2.75) is 44.6 Å². The van der Waals surface area contributed by atoms with Gasteiger partial charge >= 0.3 is 0 Å². The highest BCUT2D eigenvalue weighted by atomic mass is 15.1. The molecule has 0 amide bonds. The van der Waals surface area contributed by atoms with Crippen LogP contribution in [-0.2, 0) is 0 Å². The van der Waals surface area contributed by atoms with Crippen LogP contribution >= 0.6 is 0 Å². The second-order valence-electron chi connectivity index (χ2n) is 6.27. The van der Waals surface area contributed by atoms with Gasteiger partial charge in [-0.3, -0.25) is 0 Å². The molecule has 0 aliphatic heterocycles. The molecule has 0 aromatic heterocycles. The van der Waals surface area contributed by atoms with Crippen LogP contribution in [0.15, 0.2) is 0 Å². The lowest BCUT2D eigenvalue weighted by Gasteiger charge is -2.26. The molecule has 2 saturated carbocycles. The Labute approximate surface area is 105 Å². The summed E-state index contributed by atoms with van der Waals surface area (Å²) >= 11 is 0. The average molecular weight is 235 g/mol. The van der Waals surface area contributed by atoms with E-state index >= 15 is 0 Å². The molecule has 96 valence electrons. The Morgan fingerprint density at radius 1 is 1.53 bits per heavy atom. The molecule has 2 N–H and O–H groups in total. The van der Waals surface area contributed by atoms with Crippen molar-refractivity contribution in [3.05, 3.63) is 0 Å². The van der Waals surface area contributed by atoms with Gasteiger partial charge in [0.05, 0.1) is 6.07 Å². The minimum absolute atomic E-state index is 0.409. The molecule has 3 nitrogen and oxygen atoms in total. The van der Waals surface area contributed by atoms with Gasteiger partial charge < -0.3 is 10.6 Å². The van der Waals surface area contributed by atoms with E-state index in [1.54, 1.807) is 0 Å². The van der Waals surface area contributed by atoms with Crippen molar-refractivity contribution < 1.29 is 0 Å². The minimum Gasteiger partial charge on any atom is -0.313 e. The summed E-state index contributed by atoms with van der Waals surface area (Å²) in [5.41, 5.74) is 5.61. The quantitative estimate of drug-likeness (QED) is 0.793. The molecule has 0 spiro atoms. The number of nitrogens with zero attached hydrogens (tertiary/aromatic N) is 2. The van der Waals surface area contributed by atoms with Gasteiger partial charge in [0.15, 0.2) is 0 Å². The zero-order chi connectivity index (χ0) is 12.5. The van der Waals surface area contributed by atoms with E-state index in [-0.39, 0.29) is 0 Å². The second kappa shape index (κ2) is 4.96. The van der Waals surface area contributed by atoms with Crippen molar-refractivity contribution >= 4 is 0 Å². The molecule has 0 heterocycles. The normalized spacial score (nSPS) is 40.5. The molecule has 2 rings (SSSR count). The fraction of sp³-hybridized carbons (Fsp3) is 0.929. The van der Waals surface area contributed by atoms with Crippen LogP contribution in [0.25, 0.3) is 0 Å². The van der Waals surface area contributed by atoms with E-state index in [1.165, 1.54) is 13.0 Å². The van der Waals surface area contributed by atoms with E-state index in [4.69, 9.17) is 11.0 Å². The molecule has 2 aliphatic rings. The summed E-state index contributed by atoms with van der Waals surface area (Å²) < 4.78 is 0.